The number of hydrogen-bond acceptors (Lipinski definition) is 5. The highest BCUT2D eigenvalue weighted by Crippen LogP contribution is 2.29. The lowest BCUT2D eigenvalue weighted by molar-refractivity contribution is -0.122. The Morgan fingerprint density at radius 2 is 1.75 bits per heavy atom. The first-order valence-corrected chi connectivity index (χ1v) is 11.5. The summed E-state index contributed by atoms with van der Waals surface area (Å²) in [6, 6.07) is 18.8. The molecule has 0 aliphatic carbocycles. The van der Waals surface area contributed by atoms with Gasteiger partial charge in [-0.3, -0.25) is 14.5 Å². The minimum atomic E-state index is -0.458. The van der Waals surface area contributed by atoms with Crippen molar-refractivity contribution in [2.45, 2.75) is 13.0 Å². The number of nitrogens with zero attached hydrogens (tertiary/aromatic N) is 2. The number of carbonyl (C=O) groups is 2. The summed E-state index contributed by atoms with van der Waals surface area (Å²) in [4.78, 5) is 31.0. The van der Waals surface area contributed by atoms with Gasteiger partial charge >= 0.3 is 0 Å². The molecular weight excluding hydrogens is 422 g/mol. The second kappa shape index (κ2) is 9.97. The third-order valence-electron chi connectivity index (χ3n) is 5.68. The van der Waals surface area contributed by atoms with Gasteiger partial charge in [-0.25, -0.2) is 0 Å². The van der Waals surface area contributed by atoms with E-state index in [4.69, 9.17) is 4.74 Å². The largest absolute Gasteiger partial charge is 0.495 e. The molecule has 6 nitrogen and oxygen atoms in total. The first-order chi connectivity index (χ1) is 15.6. The van der Waals surface area contributed by atoms with Gasteiger partial charge in [0, 0.05) is 26.2 Å². The van der Waals surface area contributed by atoms with Crippen LogP contribution in [0.15, 0.2) is 66.0 Å². The highest BCUT2D eigenvalue weighted by Gasteiger charge is 2.32. The highest BCUT2D eigenvalue weighted by atomic mass is 32.1. The number of amides is 2. The van der Waals surface area contributed by atoms with E-state index in [1.54, 1.807) is 7.11 Å². The Morgan fingerprint density at radius 1 is 1.00 bits per heavy atom. The monoisotopic (exact) mass is 449 g/mol. The molecule has 2 heterocycles. The summed E-state index contributed by atoms with van der Waals surface area (Å²) in [6.45, 7) is 4.39. The van der Waals surface area contributed by atoms with Gasteiger partial charge in [-0.15, -0.1) is 11.3 Å². The first kappa shape index (κ1) is 22.0. The highest BCUT2D eigenvalue weighted by molar-refractivity contribution is 7.12. The molecule has 1 aliphatic heterocycles. The van der Waals surface area contributed by atoms with Crippen molar-refractivity contribution in [3.63, 3.8) is 0 Å². The molecule has 1 saturated heterocycles. The molecule has 1 aromatic heterocycles. The summed E-state index contributed by atoms with van der Waals surface area (Å²) >= 11 is 1.46. The molecule has 1 N–H and O–H groups in total. The summed E-state index contributed by atoms with van der Waals surface area (Å²) < 4.78 is 5.44. The Hall–Kier alpha value is -3.16. The third kappa shape index (κ3) is 4.84. The molecule has 32 heavy (non-hydrogen) atoms. The first-order valence-electron chi connectivity index (χ1n) is 10.6. The molecule has 1 atom stereocenters. The quantitative estimate of drug-likeness (QED) is 0.613. The smallest absolute Gasteiger partial charge is 0.264 e. The maximum Gasteiger partial charge on any atom is 0.264 e. The second-order valence-corrected chi connectivity index (χ2v) is 8.76. The predicted molar refractivity (Wildman–Crippen MR) is 127 cm³/mol. The fraction of sp³-hybridized carbons (Fsp3) is 0.280. The van der Waals surface area contributed by atoms with Crippen LogP contribution in [0.5, 0.6) is 5.75 Å². The molecule has 0 radical (unpaired) electrons. The van der Waals surface area contributed by atoms with Crippen LogP contribution in [0.1, 0.15) is 26.8 Å². The van der Waals surface area contributed by atoms with Crippen LogP contribution in [0.4, 0.5) is 5.69 Å². The number of aryl methyl sites for hydroxylation is 1. The summed E-state index contributed by atoms with van der Waals surface area (Å²) in [5.74, 6) is 0.574. The molecule has 0 bridgehead atoms. The molecule has 7 heteroatoms. The van der Waals surface area contributed by atoms with Gasteiger partial charge in [-0.1, -0.05) is 42.5 Å². The number of carbonyl (C=O) groups excluding carboxylic acids is 2. The predicted octanol–water partition coefficient (Wildman–Crippen LogP) is 4.20. The zero-order valence-electron chi connectivity index (χ0n) is 18.3. The van der Waals surface area contributed by atoms with Gasteiger partial charge in [0.15, 0.2) is 0 Å². The van der Waals surface area contributed by atoms with E-state index in [1.165, 1.54) is 11.3 Å². The zero-order chi connectivity index (χ0) is 22.5. The number of nitrogens with one attached hydrogen (secondary N) is 1. The number of benzene rings is 2. The number of methoxy groups -OCH3 is 1. The summed E-state index contributed by atoms with van der Waals surface area (Å²) in [5.41, 5.74) is 2.62. The Morgan fingerprint density at radius 3 is 2.41 bits per heavy atom. The zero-order valence-corrected chi connectivity index (χ0v) is 19.1. The third-order valence-corrected chi connectivity index (χ3v) is 6.53. The van der Waals surface area contributed by atoms with Gasteiger partial charge in [-0.2, -0.15) is 0 Å². The van der Waals surface area contributed by atoms with Crippen molar-refractivity contribution in [2.75, 3.05) is 38.6 Å². The second-order valence-electron chi connectivity index (χ2n) is 7.81. The molecule has 2 amide bonds. The van der Waals surface area contributed by atoms with Crippen LogP contribution in [-0.2, 0) is 4.79 Å². The molecule has 0 unspecified atom stereocenters. The normalized spacial score (nSPS) is 15.2. The van der Waals surface area contributed by atoms with E-state index in [0.717, 1.165) is 16.0 Å². The van der Waals surface area contributed by atoms with Crippen molar-refractivity contribution >= 4 is 28.8 Å². The summed E-state index contributed by atoms with van der Waals surface area (Å²) in [7, 11) is 1.60. The van der Waals surface area contributed by atoms with Gasteiger partial charge in [0.2, 0.25) is 5.91 Å². The van der Waals surface area contributed by atoms with Gasteiger partial charge < -0.3 is 15.0 Å². The van der Waals surface area contributed by atoms with E-state index in [1.807, 2.05) is 77.9 Å². The lowest BCUT2D eigenvalue weighted by Crippen LogP contribution is -2.51. The van der Waals surface area contributed by atoms with E-state index < -0.39 is 6.04 Å². The fourth-order valence-corrected chi connectivity index (χ4v) is 4.71. The standard InChI is InChI=1S/C25H27N3O3S/c1-18-10-11-21(31-2)20(17-18)26-24(29)23(19-7-4-3-5-8-19)27-12-14-28(15-13-27)25(30)22-9-6-16-32-22/h3-11,16-17,23H,12-15H2,1-2H3,(H,26,29)/t23-/m0/s1. The van der Waals surface area contributed by atoms with E-state index >= 15 is 0 Å². The van der Waals surface area contributed by atoms with Gasteiger partial charge in [-0.05, 0) is 41.6 Å². The Bertz CT molecular complexity index is 1060. The van der Waals surface area contributed by atoms with Crippen LogP contribution in [0.3, 0.4) is 0 Å². The van der Waals surface area contributed by atoms with Gasteiger partial charge in [0.05, 0.1) is 17.7 Å². The van der Waals surface area contributed by atoms with Gasteiger partial charge in [0.25, 0.3) is 5.91 Å². The summed E-state index contributed by atoms with van der Waals surface area (Å²) in [6.07, 6.45) is 0. The lowest BCUT2D eigenvalue weighted by Gasteiger charge is -2.38. The van der Waals surface area contributed by atoms with Crippen LogP contribution >= 0.6 is 11.3 Å². The van der Waals surface area contributed by atoms with Crippen LogP contribution in [0.25, 0.3) is 0 Å². The molecule has 2 aromatic carbocycles. The van der Waals surface area contributed by atoms with E-state index in [0.29, 0.717) is 37.6 Å². The van der Waals surface area contributed by atoms with Crippen LogP contribution < -0.4 is 10.1 Å². The Balaban J connectivity index is 1.53. The molecule has 3 aromatic rings. The fourth-order valence-electron chi connectivity index (χ4n) is 4.02. The van der Waals surface area contributed by atoms with Crippen molar-refractivity contribution in [1.82, 2.24) is 9.80 Å². The number of piperazine rings is 1. The number of ether oxygens (including phenoxy) is 1. The Kier molecular flexibility index (Phi) is 6.87. The maximum atomic E-state index is 13.5. The lowest BCUT2D eigenvalue weighted by atomic mass is 10.0. The molecule has 166 valence electrons. The van der Waals surface area contributed by atoms with Crippen molar-refractivity contribution in [3.8, 4) is 5.75 Å². The number of hydrogen-bond donors (Lipinski definition) is 1. The van der Waals surface area contributed by atoms with Crippen LogP contribution in [0.2, 0.25) is 0 Å². The van der Waals surface area contributed by atoms with Crippen molar-refractivity contribution in [1.29, 1.82) is 0 Å². The van der Waals surface area contributed by atoms with E-state index in [9.17, 15) is 9.59 Å². The molecule has 0 saturated carbocycles. The van der Waals surface area contributed by atoms with Crippen molar-refractivity contribution in [3.05, 3.63) is 82.0 Å². The average Bonchev–Trinajstić information content (AvgIpc) is 3.35. The van der Waals surface area contributed by atoms with E-state index in [2.05, 4.69) is 10.2 Å². The number of rotatable bonds is 6. The van der Waals surface area contributed by atoms with E-state index in [-0.39, 0.29) is 11.8 Å². The topological polar surface area (TPSA) is 61.9 Å². The Labute approximate surface area is 192 Å². The van der Waals surface area contributed by atoms with Crippen molar-refractivity contribution < 1.29 is 14.3 Å². The molecule has 1 fully saturated rings. The number of thiophene rings is 1. The maximum absolute atomic E-state index is 13.5. The van der Waals surface area contributed by atoms with Crippen LogP contribution in [0, 0.1) is 6.92 Å². The summed E-state index contributed by atoms with van der Waals surface area (Å²) in [5, 5.41) is 4.99. The van der Waals surface area contributed by atoms with Gasteiger partial charge in [0.1, 0.15) is 11.8 Å². The molecule has 1 aliphatic rings. The SMILES string of the molecule is COc1ccc(C)cc1NC(=O)[C@H](c1ccccc1)N1CCN(C(=O)c2cccs2)CC1. The van der Waals surface area contributed by atoms with Crippen molar-refractivity contribution in [2.24, 2.45) is 0 Å². The minimum Gasteiger partial charge on any atom is -0.495 e. The number of anilines is 1. The molecule has 4 rings (SSSR count). The average molecular weight is 450 g/mol. The molecular formula is C25H27N3O3S. The minimum absolute atomic E-state index is 0.0601. The molecule has 0 spiro atoms. The van der Waals surface area contributed by atoms with Crippen LogP contribution in [-0.4, -0.2) is 54.9 Å².